The smallest absolute Gasteiger partial charge is 0.0461 e. The van der Waals surface area contributed by atoms with E-state index in [1.165, 1.54) is 19.3 Å². The first-order valence-corrected chi connectivity index (χ1v) is 4.35. The number of aliphatic hydroxyl groups excluding tert-OH is 1. The van der Waals surface area contributed by atoms with Crippen molar-refractivity contribution in [1.29, 1.82) is 0 Å². The predicted octanol–water partition coefficient (Wildman–Crippen LogP) is 2.05. The Morgan fingerprint density at radius 1 is 1.30 bits per heavy atom. The van der Waals surface area contributed by atoms with Crippen LogP contribution >= 0.6 is 0 Å². The second-order valence-corrected chi connectivity index (χ2v) is 3.84. The summed E-state index contributed by atoms with van der Waals surface area (Å²) in [6.45, 7) is 4.94. The molecule has 0 aromatic rings. The van der Waals surface area contributed by atoms with Crippen molar-refractivity contribution >= 4 is 0 Å². The zero-order valence-electron chi connectivity index (χ0n) is 7.01. The topological polar surface area (TPSA) is 20.2 Å². The lowest BCUT2D eigenvalue weighted by atomic mass is 9.76. The molecule has 0 bridgehead atoms. The molecule has 0 aromatic carbocycles. The van der Waals surface area contributed by atoms with Crippen molar-refractivity contribution in [2.45, 2.75) is 33.1 Å². The fourth-order valence-electron chi connectivity index (χ4n) is 1.90. The predicted molar refractivity (Wildman–Crippen MR) is 42.8 cm³/mol. The summed E-state index contributed by atoms with van der Waals surface area (Å²) in [6, 6.07) is 0. The molecule has 0 saturated heterocycles. The summed E-state index contributed by atoms with van der Waals surface area (Å²) in [5.74, 6) is 2.18. The molecule has 1 heteroatoms. The second kappa shape index (κ2) is 3.38. The summed E-state index contributed by atoms with van der Waals surface area (Å²) in [5.41, 5.74) is 0. The first kappa shape index (κ1) is 8.06. The Hall–Kier alpha value is -0.0400. The van der Waals surface area contributed by atoms with Gasteiger partial charge in [-0.15, -0.1) is 0 Å². The first-order valence-electron chi connectivity index (χ1n) is 4.35. The third-order valence-electron chi connectivity index (χ3n) is 2.86. The minimum Gasteiger partial charge on any atom is -0.396 e. The second-order valence-electron chi connectivity index (χ2n) is 3.84. The molecule has 0 radical (unpaired) electrons. The van der Waals surface area contributed by atoms with Crippen molar-refractivity contribution in [3.8, 4) is 0 Å². The monoisotopic (exact) mass is 142 g/mol. The quantitative estimate of drug-likeness (QED) is 0.594. The van der Waals surface area contributed by atoms with Crippen molar-refractivity contribution in [3.63, 3.8) is 0 Å². The molecule has 0 aliphatic heterocycles. The van der Waals surface area contributed by atoms with Gasteiger partial charge in [0.15, 0.2) is 0 Å². The molecule has 1 fully saturated rings. The molecule has 1 saturated carbocycles. The molecule has 1 aliphatic rings. The van der Waals surface area contributed by atoms with Crippen LogP contribution in [-0.2, 0) is 0 Å². The molecule has 0 aromatic heterocycles. The fraction of sp³-hybridized carbons (Fsp3) is 1.00. The van der Waals surface area contributed by atoms with Crippen LogP contribution in [0.5, 0.6) is 0 Å². The molecule has 1 aliphatic carbocycles. The summed E-state index contributed by atoms with van der Waals surface area (Å²) in [5, 5.41) is 8.98. The van der Waals surface area contributed by atoms with Gasteiger partial charge >= 0.3 is 0 Å². The standard InChI is InChI=1S/C9H18O/c1-7-3-4-8(2)9(5-7)6-10/h7-10H,3-6H2,1-2H3. The van der Waals surface area contributed by atoms with E-state index < -0.39 is 0 Å². The largest absolute Gasteiger partial charge is 0.396 e. The maximum atomic E-state index is 8.98. The van der Waals surface area contributed by atoms with Crippen LogP contribution in [0.4, 0.5) is 0 Å². The molecule has 10 heavy (non-hydrogen) atoms. The summed E-state index contributed by atoms with van der Waals surface area (Å²) in [6.07, 6.45) is 3.90. The van der Waals surface area contributed by atoms with Crippen LogP contribution in [0.2, 0.25) is 0 Å². The molecular weight excluding hydrogens is 124 g/mol. The van der Waals surface area contributed by atoms with E-state index in [1.807, 2.05) is 0 Å². The van der Waals surface area contributed by atoms with E-state index in [0.29, 0.717) is 12.5 Å². The molecular formula is C9H18O. The van der Waals surface area contributed by atoms with E-state index >= 15 is 0 Å². The lowest BCUT2D eigenvalue weighted by molar-refractivity contribution is 0.120. The van der Waals surface area contributed by atoms with Crippen LogP contribution in [0.25, 0.3) is 0 Å². The van der Waals surface area contributed by atoms with Gasteiger partial charge < -0.3 is 5.11 Å². The molecule has 1 rings (SSSR count). The highest BCUT2D eigenvalue weighted by Gasteiger charge is 2.24. The van der Waals surface area contributed by atoms with Crippen LogP contribution in [0.3, 0.4) is 0 Å². The average Bonchev–Trinajstić information content (AvgIpc) is 1.94. The Morgan fingerprint density at radius 3 is 2.50 bits per heavy atom. The average molecular weight is 142 g/mol. The van der Waals surface area contributed by atoms with E-state index in [-0.39, 0.29) is 0 Å². The van der Waals surface area contributed by atoms with Gasteiger partial charge in [0.05, 0.1) is 0 Å². The van der Waals surface area contributed by atoms with E-state index in [0.717, 1.165) is 11.8 Å². The van der Waals surface area contributed by atoms with E-state index in [4.69, 9.17) is 5.11 Å². The van der Waals surface area contributed by atoms with Gasteiger partial charge in [-0.05, 0) is 24.2 Å². The number of hydrogen-bond donors (Lipinski definition) is 1. The van der Waals surface area contributed by atoms with Gasteiger partial charge in [-0.1, -0.05) is 26.7 Å². The van der Waals surface area contributed by atoms with E-state index in [2.05, 4.69) is 13.8 Å². The lowest BCUT2D eigenvalue weighted by Crippen LogP contribution is -2.24. The third kappa shape index (κ3) is 1.72. The first-order chi connectivity index (χ1) is 4.74. The van der Waals surface area contributed by atoms with Gasteiger partial charge in [0.25, 0.3) is 0 Å². The van der Waals surface area contributed by atoms with Gasteiger partial charge in [0, 0.05) is 6.61 Å². The Balaban J connectivity index is 2.38. The van der Waals surface area contributed by atoms with Crippen LogP contribution in [-0.4, -0.2) is 11.7 Å². The van der Waals surface area contributed by atoms with Crippen molar-refractivity contribution < 1.29 is 5.11 Å². The van der Waals surface area contributed by atoms with Crippen LogP contribution in [0.1, 0.15) is 33.1 Å². The third-order valence-corrected chi connectivity index (χ3v) is 2.86. The Kier molecular flexibility index (Phi) is 2.72. The zero-order valence-corrected chi connectivity index (χ0v) is 7.01. The minimum atomic E-state index is 0.394. The van der Waals surface area contributed by atoms with Crippen LogP contribution < -0.4 is 0 Å². The molecule has 60 valence electrons. The van der Waals surface area contributed by atoms with Gasteiger partial charge in [0.2, 0.25) is 0 Å². The number of rotatable bonds is 1. The Morgan fingerprint density at radius 2 is 2.00 bits per heavy atom. The summed E-state index contributed by atoms with van der Waals surface area (Å²) >= 11 is 0. The van der Waals surface area contributed by atoms with Crippen LogP contribution in [0.15, 0.2) is 0 Å². The summed E-state index contributed by atoms with van der Waals surface area (Å²) in [4.78, 5) is 0. The van der Waals surface area contributed by atoms with Crippen molar-refractivity contribution in [2.75, 3.05) is 6.61 Å². The van der Waals surface area contributed by atoms with Gasteiger partial charge in [-0.3, -0.25) is 0 Å². The number of hydrogen-bond acceptors (Lipinski definition) is 1. The van der Waals surface area contributed by atoms with Gasteiger partial charge in [-0.25, -0.2) is 0 Å². The zero-order chi connectivity index (χ0) is 7.56. The highest BCUT2D eigenvalue weighted by atomic mass is 16.3. The van der Waals surface area contributed by atoms with Crippen LogP contribution in [0, 0.1) is 17.8 Å². The van der Waals surface area contributed by atoms with Crippen molar-refractivity contribution in [3.05, 3.63) is 0 Å². The molecule has 1 N–H and O–H groups in total. The lowest BCUT2D eigenvalue weighted by Gasteiger charge is -2.31. The Bertz CT molecular complexity index is 101. The highest BCUT2D eigenvalue weighted by Crippen LogP contribution is 2.32. The van der Waals surface area contributed by atoms with Gasteiger partial charge in [-0.2, -0.15) is 0 Å². The maximum Gasteiger partial charge on any atom is 0.0461 e. The fourth-order valence-corrected chi connectivity index (χ4v) is 1.90. The van der Waals surface area contributed by atoms with Crippen molar-refractivity contribution in [2.24, 2.45) is 17.8 Å². The van der Waals surface area contributed by atoms with E-state index in [9.17, 15) is 0 Å². The van der Waals surface area contributed by atoms with Crippen molar-refractivity contribution in [1.82, 2.24) is 0 Å². The molecule has 1 nitrogen and oxygen atoms in total. The normalized spacial score (nSPS) is 41.7. The molecule has 3 unspecified atom stereocenters. The summed E-state index contributed by atoms with van der Waals surface area (Å²) < 4.78 is 0. The minimum absolute atomic E-state index is 0.394. The molecule has 0 amide bonds. The Labute approximate surface area is 63.4 Å². The molecule has 0 spiro atoms. The summed E-state index contributed by atoms with van der Waals surface area (Å²) in [7, 11) is 0. The molecule has 3 atom stereocenters. The van der Waals surface area contributed by atoms with E-state index in [1.54, 1.807) is 0 Å². The maximum absolute atomic E-state index is 8.98. The highest BCUT2D eigenvalue weighted by molar-refractivity contribution is 4.74. The SMILES string of the molecule is CC1CCC(C)C(CO)C1. The van der Waals surface area contributed by atoms with Gasteiger partial charge in [0.1, 0.15) is 0 Å². The number of aliphatic hydroxyl groups is 1. The molecule has 0 heterocycles.